The van der Waals surface area contributed by atoms with E-state index in [-0.39, 0.29) is 12.4 Å². The summed E-state index contributed by atoms with van der Waals surface area (Å²) in [6.07, 6.45) is 1.47. The number of pyridine rings is 1. The molecule has 0 radical (unpaired) electrons. The van der Waals surface area contributed by atoms with Crippen LogP contribution in [0.2, 0.25) is 0 Å². The van der Waals surface area contributed by atoms with E-state index in [1.807, 2.05) is 34.9 Å². The molecule has 10 nitrogen and oxygen atoms in total. The van der Waals surface area contributed by atoms with Gasteiger partial charge in [0.05, 0.1) is 11.5 Å². The fourth-order valence-corrected chi connectivity index (χ4v) is 3.59. The molecule has 4 heterocycles. The Morgan fingerprint density at radius 2 is 1.79 bits per heavy atom. The van der Waals surface area contributed by atoms with Crippen molar-refractivity contribution in [3.8, 4) is 11.4 Å². The molecule has 5 rings (SSSR count). The lowest BCUT2D eigenvalue weighted by Gasteiger charge is -2.28. The number of fused-ring (bicyclic) bond motifs is 2. The van der Waals surface area contributed by atoms with Gasteiger partial charge in [-0.05, 0) is 12.1 Å². The molecule has 10 heteroatoms. The zero-order chi connectivity index (χ0) is 20.0. The summed E-state index contributed by atoms with van der Waals surface area (Å²) in [7, 11) is 0. The van der Waals surface area contributed by atoms with Crippen molar-refractivity contribution in [2.24, 2.45) is 0 Å². The Morgan fingerprint density at radius 1 is 1.00 bits per heavy atom. The molecule has 0 saturated heterocycles. The number of aromatic nitrogens is 5. The molecule has 1 aromatic carbocycles. The van der Waals surface area contributed by atoms with Gasteiger partial charge in [-0.3, -0.25) is 19.3 Å². The van der Waals surface area contributed by atoms with Gasteiger partial charge in [-0.1, -0.05) is 36.4 Å². The summed E-state index contributed by atoms with van der Waals surface area (Å²) in [6, 6.07) is 14.7. The molecule has 0 amide bonds. The molecule has 0 aliphatic carbocycles. The maximum Gasteiger partial charge on any atom is 0.376 e. The van der Waals surface area contributed by atoms with Crippen molar-refractivity contribution in [3.63, 3.8) is 0 Å². The van der Waals surface area contributed by atoms with Crippen LogP contribution in [-0.2, 0) is 13.1 Å². The van der Waals surface area contributed by atoms with E-state index in [1.54, 1.807) is 23.1 Å². The summed E-state index contributed by atoms with van der Waals surface area (Å²) < 4.78 is 3.17. The van der Waals surface area contributed by atoms with Gasteiger partial charge in [-0.25, -0.2) is 4.98 Å². The molecule has 1 aliphatic heterocycles. The zero-order valence-electron chi connectivity index (χ0n) is 15.2. The molecule has 0 unspecified atom stereocenters. The Kier molecular flexibility index (Phi) is 3.83. The SMILES string of the molecule is O=c1c([N+](=O)[O-])c(N2CCn3c(nnc3-c3ccccc3)C2)nc2ccccn12. The van der Waals surface area contributed by atoms with Crippen LogP contribution in [-0.4, -0.2) is 35.6 Å². The van der Waals surface area contributed by atoms with E-state index in [1.165, 1.54) is 10.6 Å². The molecule has 144 valence electrons. The molecule has 0 fully saturated rings. The van der Waals surface area contributed by atoms with Crippen molar-refractivity contribution in [1.82, 2.24) is 24.1 Å². The molecule has 0 spiro atoms. The predicted octanol–water partition coefficient (Wildman–Crippen LogP) is 1.88. The number of rotatable bonds is 3. The van der Waals surface area contributed by atoms with Crippen LogP contribution in [0, 0.1) is 10.1 Å². The monoisotopic (exact) mass is 389 g/mol. The van der Waals surface area contributed by atoms with E-state index in [9.17, 15) is 14.9 Å². The average Bonchev–Trinajstić information content (AvgIpc) is 3.17. The van der Waals surface area contributed by atoms with Gasteiger partial charge >= 0.3 is 11.2 Å². The van der Waals surface area contributed by atoms with E-state index in [2.05, 4.69) is 15.2 Å². The summed E-state index contributed by atoms with van der Waals surface area (Å²) in [5.74, 6) is 1.47. The van der Waals surface area contributed by atoms with Crippen LogP contribution in [0.3, 0.4) is 0 Å². The van der Waals surface area contributed by atoms with Crippen LogP contribution in [0.5, 0.6) is 0 Å². The van der Waals surface area contributed by atoms with E-state index in [4.69, 9.17) is 0 Å². The first kappa shape index (κ1) is 17.0. The fraction of sp³-hybridized carbons (Fsp3) is 0.158. The molecule has 0 bridgehead atoms. The molecule has 0 atom stereocenters. The van der Waals surface area contributed by atoms with Gasteiger partial charge in [0.1, 0.15) is 5.65 Å². The van der Waals surface area contributed by atoms with Gasteiger partial charge in [0.15, 0.2) is 11.6 Å². The lowest BCUT2D eigenvalue weighted by Crippen LogP contribution is -2.36. The minimum Gasteiger partial charge on any atom is -0.341 e. The van der Waals surface area contributed by atoms with Crippen LogP contribution in [0.4, 0.5) is 11.5 Å². The molecular formula is C19H15N7O3. The number of nitro groups is 1. The van der Waals surface area contributed by atoms with E-state index in [0.29, 0.717) is 24.6 Å². The Balaban J connectivity index is 1.58. The Labute approximate surface area is 163 Å². The second-order valence-electron chi connectivity index (χ2n) is 6.65. The Morgan fingerprint density at radius 3 is 2.59 bits per heavy atom. The lowest BCUT2D eigenvalue weighted by atomic mass is 10.2. The number of anilines is 1. The molecule has 4 aromatic rings. The minimum atomic E-state index is -0.701. The van der Waals surface area contributed by atoms with Crippen LogP contribution >= 0.6 is 0 Å². The summed E-state index contributed by atoms with van der Waals surface area (Å²) in [4.78, 5) is 29.8. The smallest absolute Gasteiger partial charge is 0.341 e. The number of nitrogens with zero attached hydrogens (tertiary/aromatic N) is 7. The summed E-state index contributed by atoms with van der Waals surface area (Å²) in [6.45, 7) is 1.25. The second kappa shape index (κ2) is 6.51. The van der Waals surface area contributed by atoms with Gasteiger partial charge < -0.3 is 9.47 Å². The Bertz CT molecular complexity index is 1300. The third kappa shape index (κ3) is 2.73. The van der Waals surface area contributed by atoms with Gasteiger partial charge in [0, 0.05) is 24.8 Å². The van der Waals surface area contributed by atoms with Gasteiger partial charge in [0.2, 0.25) is 5.82 Å². The van der Waals surface area contributed by atoms with Crippen LogP contribution in [0.25, 0.3) is 17.0 Å². The summed E-state index contributed by atoms with van der Waals surface area (Å²) >= 11 is 0. The highest BCUT2D eigenvalue weighted by molar-refractivity contribution is 5.62. The van der Waals surface area contributed by atoms with E-state index >= 15 is 0 Å². The van der Waals surface area contributed by atoms with Crippen molar-refractivity contribution < 1.29 is 4.92 Å². The quantitative estimate of drug-likeness (QED) is 0.388. The maximum atomic E-state index is 12.7. The third-order valence-corrected chi connectivity index (χ3v) is 4.96. The standard InChI is InChI=1S/C19H15N7O3/c27-19-16(26(28)29)18(20-14-8-4-5-9-25(14)19)23-10-11-24-15(12-23)21-22-17(24)13-6-2-1-3-7-13/h1-9H,10-12H2. The fourth-order valence-electron chi connectivity index (χ4n) is 3.59. The van der Waals surface area contributed by atoms with Gasteiger partial charge in [-0.15, -0.1) is 10.2 Å². The highest BCUT2D eigenvalue weighted by Gasteiger charge is 2.31. The molecule has 0 saturated carbocycles. The van der Waals surface area contributed by atoms with Crippen LogP contribution in [0.15, 0.2) is 59.5 Å². The van der Waals surface area contributed by atoms with Crippen molar-refractivity contribution >= 4 is 17.2 Å². The normalized spacial score (nSPS) is 13.4. The molecule has 3 aromatic heterocycles. The highest BCUT2D eigenvalue weighted by Crippen LogP contribution is 2.28. The van der Waals surface area contributed by atoms with Gasteiger partial charge in [0.25, 0.3) is 0 Å². The van der Waals surface area contributed by atoms with E-state index < -0.39 is 16.2 Å². The first-order valence-electron chi connectivity index (χ1n) is 9.02. The zero-order valence-corrected chi connectivity index (χ0v) is 15.2. The maximum absolute atomic E-state index is 12.7. The lowest BCUT2D eigenvalue weighted by molar-refractivity contribution is -0.385. The second-order valence-corrected chi connectivity index (χ2v) is 6.65. The average molecular weight is 389 g/mol. The molecular weight excluding hydrogens is 374 g/mol. The van der Waals surface area contributed by atoms with Crippen molar-refractivity contribution in [3.05, 3.63) is 81.0 Å². The van der Waals surface area contributed by atoms with Crippen LogP contribution in [0.1, 0.15) is 5.82 Å². The third-order valence-electron chi connectivity index (χ3n) is 4.96. The van der Waals surface area contributed by atoms with Crippen molar-refractivity contribution in [1.29, 1.82) is 0 Å². The first-order valence-corrected chi connectivity index (χ1v) is 9.02. The number of hydrogen-bond donors (Lipinski definition) is 0. The summed E-state index contributed by atoms with van der Waals surface area (Å²) in [5, 5.41) is 20.2. The number of hydrogen-bond acceptors (Lipinski definition) is 7. The van der Waals surface area contributed by atoms with E-state index in [0.717, 1.165) is 11.4 Å². The molecule has 0 N–H and O–H groups in total. The summed E-state index contributed by atoms with van der Waals surface area (Å²) in [5.41, 5.74) is 0.0698. The van der Waals surface area contributed by atoms with Gasteiger partial charge in [-0.2, -0.15) is 0 Å². The molecule has 1 aliphatic rings. The largest absolute Gasteiger partial charge is 0.376 e. The van der Waals surface area contributed by atoms with Crippen molar-refractivity contribution in [2.75, 3.05) is 11.4 Å². The topological polar surface area (TPSA) is 111 Å². The molecule has 29 heavy (non-hydrogen) atoms. The predicted molar refractivity (Wildman–Crippen MR) is 105 cm³/mol. The van der Waals surface area contributed by atoms with Crippen LogP contribution < -0.4 is 10.5 Å². The first-order chi connectivity index (χ1) is 14.1. The highest BCUT2D eigenvalue weighted by atomic mass is 16.6. The van der Waals surface area contributed by atoms with Crippen molar-refractivity contribution in [2.45, 2.75) is 13.1 Å². The Hall–Kier alpha value is -4.08. The number of benzene rings is 1. The minimum absolute atomic E-state index is 0.0571.